The highest BCUT2D eigenvalue weighted by atomic mass is 32.2. The Bertz CT molecular complexity index is 951. The normalized spacial score (nSPS) is 10.8. The van der Waals surface area contributed by atoms with Gasteiger partial charge in [-0.15, -0.1) is 10.2 Å². The standard InChI is InChI=1S/C22H26N4OS/c1-4-5-12-28-22-25-24-20(26(22)19-11-7-9-17(3)14-19)15-23-21(27)18-10-6-8-16(2)13-18/h6-11,13-14H,4-5,12,15H2,1-3H3,(H,23,27). The maximum absolute atomic E-state index is 12.5. The first-order valence-corrected chi connectivity index (χ1v) is 10.6. The molecule has 0 bridgehead atoms. The quantitative estimate of drug-likeness (QED) is 0.444. The average Bonchev–Trinajstić information content (AvgIpc) is 3.09. The van der Waals surface area contributed by atoms with Crippen molar-refractivity contribution < 1.29 is 4.79 Å². The van der Waals surface area contributed by atoms with E-state index in [1.807, 2.05) is 47.9 Å². The first-order valence-electron chi connectivity index (χ1n) is 9.57. The zero-order chi connectivity index (χ0) is 19.9. The van der Waals surface area contributed by atoms with Crippen molar-refractivity contribution in [3.05, 3.63) is 71.0 Å². The van der Waals surface area contributed by atoms with Crippen LogP contribution in [0, 0.1) is 13.8 Å². The van der Waals surface area contributed by atoms with Crippen LogP contribution in [0.15, 0.2) is 53.7 Å². The smallest absolute Gasteiger partial charge is 0.251 e. The lowest BCUT2D eigenvalue weighted by atomic mass is 10.1. The summed E-state index contributed by atoms with van der Waals surface area (Å²) >= 11 is 1.70. The van der Waals surface area contributed by atoms with E-state index in [4.69, 9.17) is 0 Å². The molecule has 1 heterocycles. The number of benzene rings is 2. The highest BCUT2D eigenvalue weighted by molar-refractivity contribution is 7.99. The van der Waals surface area contributed by atoms with Crippen LogP contribution in [-0.2, 0) is 6.54 Å². The molecule has 0 aliphatic heterocycles. The van der Waals surface area contributed by atoms with Crippen LogP contribution < -0.4 is 5.32 Å². The van der Waals surface area contributed by atoms with Crippen LogP contribution in [0.2, 0.25) is 0 Å². The maximum Gasteiger partial charge on any atom is 0.251 e. The van der Waals surface area contributed by atoms with Crippen molar-refractivity contribution in [2.75, 3.05) is 5.75 Å². The van der Waals surface area contributed by atoms with Crippen LogP contribution >= 0.6 is 11.8 Å². The molecular formula is C22H26N4OS. The molecule has 2 aromatic carbocycles. The molecule has 0 aliphatic carbocycles. The van der Waals surface area contributed by atoms with E-state index < -0.39 is 0 Å². The fraction of sp³-hybridized carbons (Fsp3) is 0.318. The summed E-state index contributed by atoms with van der Waals surface area (Å²) in [6.45, 7) is 6.54. The van der Waals surface area contributed by atoms with E-state index in [1.165, 1.54) is 5.56 Å². The molecule has 0 aliphatic rings. The number of rotatable bonds is 8. The topological polar surface area (TPSA) is 59.8 Å². The zero-order valence-electron chi connectivity index (χ0n) is 16.6. The van der Waals surface area contributed by atoms with Crippen molar-refractivity contribution in [3.8, 4) is 5.69 Å². The lowest BCUT2D eigenvalue weighted by Gasteiger charge is -2.12. The van der Waals surface area contributed by atoms with Crippen LogP contribution in [-0.4, -0.2) is 26.4 Å². The van der Waals surface area contributed by atoms with Crippen molar-refractivity contribution in [2.45, 2.75) is 45.3 Å². The minimum Gasteiger partial charge on any atom is -0.345 e. The van der Waals surface area contributed by atoms with Gasteiger partial charge in [-0.3, -0.25) is 9.36 Å². The summed E-state index contributed by atoms with van der Waals surface area (Å²) < 4.78 is 2.05. The number of unbranched alkanes of at least 4 members (excludes halogenated alkanes) is 1. The highest BCUT2D eigenvalue weighted by Gasteiger charge is 2.16. The van der Waals surface area contributed by atoms with Gasteiger partial charge < -0.3 is 5.32 Å². The molecule has 146 valence electrons. The minimum absolute atomic E-state index is 0.109. The molecule has 0 atom stereocenters. The van der Waals surface area contributed by atoms with Crippen molar-refractivity contribution in [3.63, 3.8) is 0 Å². The first kappa shape index (κ1) is 20.1. The van der Waals surface area contributed by atoms with Crippen LogP contribution in [0.1, 0.15) is 47.1 Å². The van der Waals surface area contributed by atoms with E-state index in [1.54, 1.807) is 11.8 Å². The van der Waals surface area contributed by atoms with Crippen molar-refractivity contribution in [1.82, 2.24) is 20.1 Å². The summed E-state index contributed by atoms with van der Waals surface area (Å²) in [5, 5.41) is 12.6. The van der Waals surface area contributed by atoms with E-state index >= 15 is 0 Å². The Hall–Kier alpha value is -2.60. The lowest BCUT2D eigenvalue weighted by Crippen LogP contribution is -2.24. The molecule has 0 saturated heterocycles. The maximum atomic E-state index is 12.5. The van der Waals surface area contributed by atoms with Crippen molar-refractivity contribution in [2.24, 2.45) is 0 Å². The van der Waals surface area contributed by atoms with E-state index in [9.17, 15) is 4.79 Å². The monoisotopic (exact) mass is 394 g/mol. The second kappa shape index (κ2) is 9.55. The Morgan fingerprint density at radius 3 is 2.54 bits per heavy atom. The van der Waals surface area contributed by atoms with Gasteiger partial charge in [0.1, 0.15) is 0 Å². The van der Waals surface area contributed by atoms with E-state index in [2.05, 4.69) is 41.5 Å². The Balaban J connectivity index is 1.82. The molecule has 0 saturated carbocycles. The summed E-state index contributed by atoms with van der Waals surface area (Å²) in [5.41, 5.74) is 3.90. The Kier molecular flexibility index (Phi) is 6.87. The summed E-state index contributed by atoms with van der Waals surface area (Å²) in [6.07, 6.45) is 2.27. The van der Waals surface area contributed by atoms with Gasteiger partial charge in [0.05, 0.1) is 6.54 Å². The van der Waals surface area contributed by atoms with Crippen LogP contribution in [0.3, 0.4) is 0 Å². The summed E-state index contributed by atoms with van der Waals surface area (Å²) in [6, 6.07) is 15.8. The third-order valence-corrected chi connectivity index (χ3v) is 5.39. The van der Waals surface area contributed by atoms with Gasteiger partial charge in [0.2, 0.25) is 0 Å². The van der Waals surface area contributed by atoms with Gasteiger partial charge in [0.25, 0.3) is 5.91 Å². The van der Waals surface area contributed by atoms with Gasteiger partial charge in [-0.25, -0.2) is 0 Å². The Morgan fingerprint density at radius 2 is 1.82 bits per heavy atom. The van der Waals surface area contributed by atoms with Gasteiger partial charge in [-0.1, -0.05) is 54.9 Å². The lowest BCUT2D eigenvalue weighted by molar-refractivity contribution is 0.0949. The van der Waals surface area contributed by atoms with Crippen molar-refractivity contribution in [1.29, 1.82) is 0 Å². The predicted octanol–water partition coefficient (Wildman–Crippen LogP) is 4.71. The molecule has 1 aromatic heterocycles. The second-order valence-corrected chi connectivity index (χ2v) is 7.89. The molecule has 5 nitrogen and oxygen atoms in total. The molecule has 28 heavy (non-hydrogen) atoms. The van der Waals surface area contributed by atoms with Crippen LogP contribution in [0.5, 0.6) is 0 Å². The molecular weight excluding hydrogens is 368 g/mol. The third kappa shape index (κ3) is 5.01. The number of aryl methyl sites for hydroxylation is 2. The summed E-state index contributed by atoms with van der Waals surface area (Å²) in [4.78, 5) is 12.5. The molecule has 0 radical (unpaired) electrons. The molecule has 6 heteroatoms. The molecule has 1 N–H and O–H groups in total. The van der Waals surface area contributed by atoms with Gasteiger partial charge in [0, 0.05) is 17.0 Å². The third-order valence-electron chi connectivity index (χ3n) is 4.38. The number of hydrogen-bond acceptors (Lipinski definition) is 4. The molecule has 0 unspecified atom stereocenters. The Morgan fingerprint density at radius 1 is 1.07 bits per heavy atom. The number of thioether (sulfide) groups is 1. The van der Waals surface area contributed by atoms with Gasteiger partial charge in [-0.05, 0) is 50.1 Å². The van der Waals surface area contributed by atoms with Crippen molar-refractivity contribution >= 4 is 17.7 Å². The zero-order valence-corrected chi connectivity index (χ0v) is 17.4. The molecule has 3 aromatic rings. The molecule has 3 rings (SSSR count). The number of nitrogens with zero attached hydrogens (tertiary/aromatic N) is 3. The van der Waals surface area contributed by atoms with E-state index in [-0.39, 0.29) is 5.91 Å². The fourth-order valence-corrected chi connectivity index (χ4v) is 3.94. The molecule has 1 amide bonds. The predicted molar refractivity (Wildman–Crippen MR) is 114 cm³/mol. The number of aromatic nitrogens is 3. The second-order valence-electron chi connectivity index (χ2n) is 6.83. The largest absolute Gasteiger partial charge is 0.345 e. The molecule has 0 fully saturated rings. The minimum atomic E-state index is -0.109. The first-order chi connectivity index (χ1) is 13.6. The van der Waals surface area contributed by atoms with Gasteiger partial charge >= 0.3 is 0 Å². The number of carbonyl (C=O) groups excluding carboxylic acids is 1. The van der Waals surface area contributed by atoms with E-state index in [0.717, 1.165) is 40.8 Å². The van der Waals surface area contributed by atoms with Gasteiger partial charge in [0.15, 0.2) is 11.0 Å². The number of nitrogens with one attached hydrogen (secondary N) is 1. The summed E-state index contributed by atoms with van der Waals surface area (Å²) in [5.74, 6) is 1.61. The highest BCUT2D eigenvalue weighted by Crippen LogP contribution is 2.23. The van der Waals surface area contributed by atoms with Crippen LogP contribution in [0.4, 0.5) is 0 Å². The van der Waals surface area contributed by atoms with Crippen LogP contribution in [0.25, 0.3) is 5.69 Å². The number of carbonyl (C=O) groups is 1. The average molecular weight is 395 g/mol. The summed E-state index contributed by atoms with van der Waals surface area (Å²) in [7, 11) is 0. The number of hydrogen-bond donors (Lipinski definition) is 1. The van der Waals surface area contributed by atoms with E-state index in [0.29, 0.717) is 12.1 Å². The number of amides is 1. The SMILES string of the molecule is CCCCSc1nnc(CNC(=O)c2cccc(C)c2)n1-c1cccc(C)c1. The Labute approximate surface area is 170 Å². The van der Waals surface area contributed by atoms with Gasteiger partial charge in [-0.2, -0.15) is 0 Å². The fourth-order valence-electron chi connectivity index (χ4n) is 2.89. The molecule has 0 spiro atoms.